The average Bonchev–Trinajstić information content (AvgIpc) is 2.71. The average molecular weight is 237 g/mol. The number of fused-ring (bicyclic) bond motifs is 3. The van der Waals surface area contributed by atoms with Crippen molar-refractivity contribution >= 4 is 11.7 Å². The van der Waals surface area contributed by atoms with Gasteiger partial charge in [0, 0.05) is 11.1 Å². The summed E-state index contributed by atoms with van der Waals surface area (Å²) in [4.78, 5) is 14.9. The van der Waals surface area contributed by atoms with Crippen molar-refractivity contribution in [2.75, 3.05) is 6.54 Å². The van der Waals surface area contributed by atoms with E-state index in [0.29, 0.717) is 0 Å². The van der Waals surface area contributed by atoms with Crippen LogP contribution in [0.4, 0.5) is 0 Å². The van der Waals surface area contributed by atoms with Crippen LogP contribution in [0.15, 0.2) is 53.5 Å². The molecule has 0 saturated carbocycles. The number of carboxylic acid groups (broad SMARTS) is 1. The van der Waals surface area contributed by atoms with Gasteiger partial charge in [-0.2, -0.15) is 0 Å². The number of aliphatic imine (C=N–C) groups is 1. The molecule has 0 amide bonds. The normalized spacial score (nSPS) is 11.9. The molecule has 1 N–H and O–H groups in total. The lowest BCUT2D eigenvalue weighted by Gasteiger charge is -2.00. The molecule has 18 heavy (non-hydrogen) atoms. The van der Waals surface area contributed by atoms with Crippen LogP contribution >= 0.6 is 0 Å². The van der Waals surface area contributed by atoms with E-state index in [1.807, 2.05) is 48.5 Å². The first kappa shape index (κ1) is 10.7. The summed E-state index contributed by atoms with van der Waals surface area (Å²) in [5.41, 5.74) is 5.05. The smallest absolute Gasteiger partial charge is 0.325 e. The summed E-state index contributed by atoms with van der Waals surface area (Å²) in [5, 5.41) is 8.76. The highest BCUT2D eigenvalue weighted by atomic mass is 16.4. The predicted molar refractivity (Wildman–Crippen MR) is 70.0 cm³/mol. The van der Waals surface area contributed by atoms with E-state index in [9.17, 15) is 4.79 Å². The van der Waals surface area contributed by atoms with Gasteiger partial charge in [-0.1, -0.05) is 48.5 Å². The monoisotopic (exact) mass is 237 g/mol. The Hall–Kier alpha value is -2.42. The van der Waals surface area contributed by atoms with Crippen molar-refractivity contribution in [2.45, 2.75) is 0 Å². The van der Waals surface area contributed by atoms with Gasteiger partial charge < -0.3 is 5.11 Å². The highest BCUT2D eigenvalue weighted by Crippen LogP contribution is 2.36. The molecular formula is C15H11NO2. The highest BCUT2D eigenvalue weighted by Gasteiger charge is 2.23. The van der Waals surface area contributed by atoms with Crippen LogP contribution in [0.5, 0.6) is 0 Å². The summed E-state index contributed by atoms with van der Waals surface area (Å²) in [7, 11) is 0. The Kier molecular flexibility index (Phi) is 2.45. The van der Waals surface area contributed by atoms with E-state index in [0.717, 1.165) is 28.0 Å². The number of carboxylic acids is 1. The molecule has 1 aliphatic rings. The molecule has 0 spiro atoms. The van der Waals surface area contributed by atoms with Gasteiger partial charge in [0.15, 0.2) is 0 Å². The van der Waals surface area contributed by atoms with E-state index in [4.69, 9.17) is 5.11 Å². The molecule has 0 unspecified atom stereocenters. The fourth-order valence-corrected chi connectivity index (χ4v) is 2.31. The van der Waals surface area contributed by atoms with Gasteiger partial charge in [0.05, 0.1) is 5.71 Å². The van der Waals surface area contributed by atoms with Crippen LogP contribution in [0, 0.1) is 0 Å². The Morgan fingerprint density at radius 1 is 0.889 bits per heavy atom. The molecule has 0 aliphatic heterocycles. The number of hydrogen-bond acceptors (Lipinski definition) is 2. The van der Waals surface area contributed by atoms with E-state index in [2.05, 4.69) is 4.99 Å². The third kappa shape index (κ3) is 1.61. The van der Waals surface area contributed by atoms with E-state index in [-0.39, 0.29) is 6.54 Å². The minimum Gasteiger partial charge on any atom is -0.480 e. The Labute approximate surface area is 104 Å². The summed E-state index contributed by atoms with van der Waals surface area (Å²) in [5.74, 6) is -0.913. The predicted octanol–water partition coefficient (Wildman–Crippen LogP) is 2.59. The van der Waals surface area contributed by atoms with Gasteiger partial charge in [0.2, 0.25) is 0 Å². The lowest BCUT2D eigenvalue weighted by molar-refractivity contribution is -0.135. The first-order valence-corrected chi connectivity index (χ1v) is 5.73. The van der Waals surface area contributed by atoms with Crippen LogP contribution in [0.25, 0.3) is 11.1 Å². The molecule has 3 nitrogen and oxygen atoms in total. The van der Waals surface area contributed by atoms with Crippen molar-refractivity contribution in [2.24, 2.45) is 4.99 Å². The molecule has 88 valence electrons. The molecule has 0 atom stereocenters. The lowest BCUT2D eigenvalue weighted by atomic mass is 10.1. The fourth-order valence-electron chi connectivity index (χ4n) is 2.31. The molecule has 3 heteroatoms. The molecule has 2 aromatic carbocycles. The SMILES string of the molecule is O=C(O)CN=C1c2ccccc2-c2ccccc21. The number of carbonyl (C=O) groups is 1. The second-order valence-electron chi connectivity index (χ2n) is 4.15. The summed E-state index contributed by atoms with van der Waals surface area (Å²) in [6, 6.07) is 15.9. The number of rotatable bonds is 2. The Morgan fingerprint density at radius 3 is 1.78 bits per heavy atom. The maximum Gasteiger partial charge on any atom is 0.325 e. The standard InChI is InChI=1S/C15H11NO2/c17-14(18)9-16-15-12-7-3-1-5-10(12)11-6-2-4-8-13(11)15/h1-8H,9H2,(H,17,18). The number of benzene rings is 2. The Balaban J connectivity index is 2.21. The zero-order chi connectivity index (χ0) is 12.5. The molecule has 3 rings (SSSR count). The van der Waals surface area contributed by atoms with Crippen LogP contribution in [-0.4, -0.2) is 23.3 Å². The van der Waals surface area contributed by atoms with Gasteiger partial charge in [0.25, 0.3) is 0 Å². The quantitative estimate of drug-likeness (QED) is 0.744. The van der Waals surface area contributed by atoms with Gasteiger partial charge in [-0.3, -0.25) is 9.79 Å². The van der Waals surface area contributed by atoms with E-state index in [1.54, 1.807) is 0 Å². The van der Waals surface area contributed by atoms with Crippen molar-refractivity contribution in [1.29, 1.82) is 0 Å². The molecule has 0 radical (unpaired) electrons. The number of hydrogen-bond donors (Lipinski definition) is 1. The zero-order valence-electron chi connectivity index (χ0n) is 9.63. The summed E-state index contributed by atoms with van der Waals surface area (Å²) in [6.45, 7) is -0.196. The number of aliphatic carboxylic acids is 1. The van der Waals surface area contributed by atoms with Crippen LogP contribution in [0.2, 0.25) is 0 Å². The van der Waals surface area contributed by atoms with Crippen LogP contribution in [-0.2, 0) is 4.79 Å². The van der Waals surface area contributed by atoms with E-state index in [1.165, 1.54) is 0 Å². The maximum absolute atomic E-state index is 10.7. The van der Waals surface area contributed by atoms with Crippen LogP contribution in [0.3, 0.4) is 0 Å². The topological polar surface area (TPSA) is 49.7 Å². The number of nitrogens with zero attached hydrogens (tertiary/aromatic N) is 1. The van der Waals surface area contributed by atoms with E-state index < -0.39 is 5.97 Å². The van der Waals surface area contributed by atoms with Gasteiger partial charge in [-0.05, 0) is 11.1 Å². The summed E-state index contributed by atoms with van der Waals surface area (Å²) >= 11 is 0. The van der Waals surface area contributed by atoms with E-state index >= 15 is 0 Å². The molecule has 0 bridgehead atoms. The Bertz CT molecular complexity index is 612. The second kappa shape index (κ2) is 4.11. The molecule has 2 aromatic rings. The molecular weight excluding hydrogens is 226 g/mol. The van der Waals surface area contributed by atoms with Crippen LogP contribution < -0.4 is 0 Å². The van der Waals surface area contributed by atoms with Crippen molar-refractivity contribution in [3.05, 3.63) is 59.7 Å². The molecule has 0 aromatic heterocycles. The van der Waals surface area contributed by atoms with Crippen molar-refractivity contribution in [3.63, 3.8) is 0 Å². The van der Waals surface area contributed by atoms with Crippen LogP contribution in [0.1, 0.15) is 11.1 Å². The lowest BCUT2D eigenvalue weighted by Crippen LogP contribution is -2.05. The second-order valence-corrected chi connectivity index (χ2v) is 4.15. The molecule has 0 saturated heterocycles. The van der Waals surface area contributed by atoms with Gasteiger partial charge in [-0.25, -0.2) is 0 Å². The first-order chi connectivity index (χ1) is 8.77. The third-order valence-corrected chi connectivity index (χ3v) is 3.03. The van der Waals surface area contributed by atoms with Gasteiger partial charge in [-0.15, -0.1) is 0 Å². The summed E-state index contributed by atoms with van der Waals surface area (Å²) in [6.07, 6.45) is 0. The van der Waals surface area contributed by atoms with Crippen molar-refractivity contribution in [3.8, 4) is 11.1 Å². The molecule has 1 aliphatic carbocycles. The van der Waals surface area contributed by atoms with Gasteiger partial charge >= 0.3 is 5.97 Å². The third-order valence-electron chi connectivity index (χ3n) is 3.03. The largest absolute Gasteiger partial charge is 0.480 e. The molecule has 0 fully saturated rings. The minimum absolute atomic E-state index is 0.196. The zero-order valence-corrected chi connectivity index (χ0v) is 9.63. The first-order valence-electron chi connectivity index (χ1n) is 5.73. The fraction of sp³-hybridized carbons (Fsp3) is 0.0667. The highest BCUT2D eigenvalue weighted by molar-refractivity contribution is 6.24. The minimum atomic E-state index is -0.913. The Morgan fingerprint density at radius 2 is 1.33 bits per heavy atom. The molecule has 0 heterocycles. The van der Waals surface area contributed by atoms with Crippen molar-refractivity contribution in [1.82, 2.24) is 0 Å². The van der Waals surface area contributed by atoms with Gasteiger partial charge in [0.1, 0.15) is 6.54 Å². The maximum atomic E-state index is 10.7. The van der Waals surface area contributed by atoms with Crippen molar-refractivity contribution < 1.29 is 9.90 Å². The summed E-state index contributed by atoms with van der Waals surface area (Å²) < 4.78 is 0.